The standard InChI is InChI=1S/C22H26N2O2/c1-3-15(2)20(16-8-5-4-6-9-16)22(26)24-19-11-7-10-17(14-19)21(25)23-18-12-13-18/h4-11,14-15,18,20H,3,12-13H2,1-2H3,(H,23,25)(H,24,26)/t15-,20-/m1/s1. The first-order valence-corrected chi connectivity index (χ1v) is 9.35. The van der Waals surface area contributed by atoms with Crippen molar-refractivity contribution in [2.24, 2.45) is 5.92 Å². The lowest BCUT2D eigenvalue weighted by molar-refractivity contribution is -0.118. The van der Waals surface area contributed by atoms with Gasteiger partial charge in [-0.2, -0.15) is 0 Å². The molecule has 1 saturated carbocycles. The largest absolute Gasteiger partial charge is 0.349 e. The predicted molar refractivity (Wildman–Crippen MR) is 104 cm³/mol. The highest BCUT2D eigenvalue weighted by molar-refractivity contribution is 5.99. The normalized spacial score (nSPS) is 15.8. The third-order valence-electron chi connectivity index (χ3n) is 4.96. The fourth-order valence-corrected chi connectivity index (χ4v) is 3.09. The molecule has 0 saturated heterocycles. The van der Waals surface area contributed by atoms with Gasteiger partial charge in [-0.15, -0.1) is 0 Å². The summed E-state index contributed by atoms with van der Waals surface area (Å²) in [5.41, 5.74) is 2.25. The molecule has 136 valence electrons. The first kappa shape index (κ1) is 18.2. The van der Waals surface area contributed by atoms with Crippen molar-refractivity contribution in [2.45, 2.75) is 45.1 Å². The number of anilines is 1. The van der Waals surface area contributed by atoms with Crippen molar-refractivity contribution in [1.29, 1.82) is 0 Å². The lowest BCUT2D eigenvalue weighted by atomic mass is 9.85. The van der Waals surface area contributed by atoms with Gasteiger partial charge in [0.2, 0.25) is 5.91 Å². The van der Waals surface area contributed by atoms with E-state index in [1.807, 2.05) is 36.4 Å². The van der Waals surface area contributed by atoms with E-state index in [0.29, 0.717) is 17.3 Å². The van der Waals surface area contributed by atoms with Crippen molar-refractivity contribution in [3.8, 4) is 0 Å². The Morgan fingerprint density at radius 2 is 1.81 bits per heavy atom. The maximum atomic E-state index is 13.0. The van der Waals surface area contributed by atoms with Crippen LogP contribution in [0.2, 0.25) is 0 Å². The third-order valence-corrected chi connectivity index (χ3v) is 4.96. The van der Waals surface area contributed by atoms with Crippen LogP contribution in [0, 0.1) is 5.92 Å². The molecule has 3 rings (SSSR count). The average molecular weight is 350 g/mol. The highest BCUT2D eigenvalue weighted by Gasteiger charge is 2.26. The molecule has 4 nitrogen and oxygen atoms in total. The van der Waals surface area contributed by atoms with E-state index in [1.165, 1.54) is 0 Å². The lowest BCUT2D eigenvalue weighted by Gasteiger charge is -2.23. The minimum atomic E-state index is -0.217. The van der Waals surface area contributed by atoms with Gasteiger partial charge in [0, 0.05) is 17.3 Å². The molecule has 2 N–H and O–H groups in total. The number of amides is 2. The zero-order chi connectivity index (χ0) is 18.5. The van der Waals surface area contributed by atoms with Crippen molar-refractivity contribution >= 4 is 17.5 Å². The second-order valence-electron chi connectivity index (χ2n) is 7.09. The van der Waals surface area contributed by atoms with Crippen molar-refractivity contribution in [1.82, 2.24) is 5.32 Å². The van der Waals surface area contributed by atoms with Gasteiger partial charge >= 0.3 is 0 Å². The summed E-state index contributed by atoms with van der Waals surface area (Å²) in [4.78, 5) is 25.2. The number of nitrogens with one attached hydrogen (secondary N) is 2. The number of rotatable bonds is 7. The molecule has 2 atom stereocenters. The molecule has 26 heavy (non-hydrogen) atoms. The van der Waals surface area contributed by atoms with E-state index in [0.717, 1.165) is 24.8 Å². The Morgan fingerprint density at radius 1 is 1.08 bits per heavy atom. The van der Waals surface area contributed by atoms with Crippen molar-refractivity contribution in [3.05, 3.63) is 65.7 Å². The number of carbonyl (C=O) groups is 2. The topological polar surface area (TPSA) is 58.2 Å². The number of hydrogen-bond acceptors (Lipinski definition) is 2. The lowest BCUT2D eigenvalue weighted by Crippen LogP contribution is -2.27. The van der Waals surface area contributed by atoms with Gasteiger partial charge in [0.25, 0.3) is 5.91 Å². The van der Waals surface area contributed by atoms with E-state index >= 15 is 0 Å². The Morgan fingerprint density at radius 3 is 2.46 bits per heavy atom. The summed E-state index contributed by atoms with van der Waals surface area (Å²) in [5.74, 6) is -0.112. The molecule has 2 aromatic carbocycles. The molecular formula is C22H26N2O2. The highest BCUT2D eigenvalue weighted by atomic mass is 16.2. The minimum absolute atomic E-state index is 0.0368. The van der Waals surface area contributed by atoms with E-state index in [2.05, 4.69) is 24.5 Å². The Balaban J connectivity index is 1.75. The molecule has 1 aliphatic carbocycles. The third kappa shape index (κ3) is 4.51. The van der Waals surface area contributed by atoms with Gasteiger partial charge < -0.3 is 10.6 Å². The molecule has 1 aliphatic rings. The first-order valence-electron chi connectivity index (χ1n) is 9.35. The summed E-state index contributed by atoms with van der Waals surface area (Å²) in [5, 5.41) is 5.98. The molecule has 0 aromatic heterocycles. The van der Waals surface area contributed by atoms with Crippen LogP contribution in [0.25, 0.3) is 0 Å². The van der Waals surface area contributed by atoms with E-state index < -0.39 is 0 Å². The predicted octanol–water partition coefficient (Wildman–Crippen LogP) is 4.35. The second kappa shape index (κ2) is 8.17. The number of benzene rings is 2. The second-order valence-corrected chi connectivity index (χ2v) is 7.09. The zero-order valence-electron chi connectivity index (χ0n) is 15.4. The molecule has 2 aromatic rings. The SMILES string of the molecule is CC[C@@H](C)[C@@H](C(=O)Nc1cccc(C(=O)NC2CC2)c1)c1ccccc1. The van der Waals surface area contributed by atoms with Crippen LogP contribution < -0.4 is 10.6 Å². The smallest absolute Gasteiger partial charge is 0.251 e. The van der Waals surface area contributed by atoms with E-state index in [1.54, 1.807) is 18.2 Å². The van der Waals surface area contributed by atoms with Gasteiger partial charge in [-0.25, -0.2) is 0 Å². The molecule has 2 amide bonds. The zero-order valence-corrected chi connectivity index (χ0v) is 15.4. The maximum Gasteiger partial charge on any atom is 0.251 e. The van der Waals surface area contributed by atoms with E-state index in [9.17, 15) is 9.59 Å². The summed E-state index contributed by atoms with van der Waals surface area (Å²) in [6.45, 7) is 4.19. The quantitative estimate of drug-likeness (QED) is 0.780. The van der Waals surface area contributed by atoms with Crippen molar-refractivity contribution < 1.29 is 9.59 Å². The van der Waals surface area contributed by atoms with Crippen LogP contribution in [0.15, 0.2) is 54.6 Å². The Bertz CT molecular complexity index is 769. The summed E-state index contributed by atoms with van der Waals surface area (Å²) in [7, 11) is 0. The summed E-state index contributed by atoms with van der Waals surface area (Å²) < 4.78 is 0. The monoisotopic (exact) mass is 350 g/mol. The minimum Gasteiger partial charge on any atom is -0.349 e. The summed E-state index contributed by atoms with van der Waals surface area (Å²) in [6, 6.07) is 17.3. The van der Waals surface area contributed by atoms with Gasteiger partial charge in [-0.3, -0.25) is 9.59 Å². The van der Waals surface area contributed by atoms with E-state index in [4.69, 9.17) is 0 Å². The first-order chi connectivity index (χ1) is 12.6. The van der Waals surface area contributed by atoms with Gasteiger partial charge in [0.15, 0.2) is 0 Å². The molecule has 0 spiro atoms. The Hall–Kier alpha value is -2.62. The van der Waals surface area contributed by atoms with Crippen LogP contribution in [0.5, 0.6) is 0 Å². The molecule has 0 aliphatic heterocycles. The maximum absolute atomic E-state index is 13.0. The molecule has 0 heterocycles. The Kier molecular flexibility index (Phi) is 5.71. The fraction of sp³-hybridized carbons (Fsp3) is 0.364. The molecule has 0 unspecified atom stereocenters. The van der Waals surface area contributed by atoms with Crippen LogP contribution >= 0.6 is 0 Å². The van der Waals surface area contributed by atoms with Crippen LogP contribution in [0.1, 0.15) is 54.9 Å². The van der Waals surface area contributed by atoms with Crippen molar-refractivity contribution in [3.63, 3.8) is 0 Å². The van der Waals surface area contributed by atoms with Crippen molar-refractivity contribution in [2.75, 3.05) is 5.32 Å². The van der Waals surface area contributed by atoms with Gasteiger partial charge in [0.05, 0.1) is 5.92 Å². The molecule has 0 bridgehead atoms. The van der Waals surface area contributed by atoms with Gasteiger partial charge in [-0.05, 0) is 42.5 Å². The highest BCUT2D eigenvalue weighted by Crippen LogP contribution is 2.28. The molecule has 1 fully saturated rings. The fourth-order valence-electron chi connectivity index (χ4n) is 3.09. The molecule has 4 heteroatoms. The van der Waals surface area contributed by atoms with Crippen LogP contribution in [-0.2, 0) is 4.79 Å². The number of carbonyl (C=O) groups excluding carboxylic acids is 2. The molecular weight excluding hydrogens is 324 g/mol. The molecule has 0 radical (unpaired) electrons. The van der Waals surface area contributed by atoms with Gasteiger partial charge in [-0.1, -0.05) is 56.7 Å². The number of hydrogen-bond donors (Lipinski definition) is 2. The van der Waals surface area contributed by atoms with Crippen LogP contribution in [0.4, 0.5) is 5.69 Å². The average Bonchev–Trinajstić information content (AvgIpc) is 3.47. The summed E-state index contributed by atoms with van der Waals surface area (Å²) in [6.07, 6.45) is 3.02. The van der Waals surface area contributed by atoms with Gasteiger partial charge in [0.1, 0.15) is 0 Å². The van der Waals surface area contributed by atoms with E-state index in [-0.39, 0.29) is 23.7 Å². The Labute approximate surface area is 155 Å². The van der Waals surface area contributed by atoms with Crippen LogP contribution in [0.3, 0.4) is 0 Å². The van der Waals surface area contributed by atoms with Crippen LogP contribution in [-0.4, -0.2) is 17.9 Å². The summed E-state index contributed by atoms with van der Waals surface area (Å²) >= 11 is 0.